The Bertz CT molecular complexity index is 1520. The lowest BCUT2D eigenvalue weighted by Crippen LogP contribution is -2.63. The molecule has 2 aromatic heterocycles. The summed E-state index contributed by atoms with van der Waals surface area (Å²) in [7, 11) is 1.01. The molecule has 1 saturated heterocycles. The maximum absolute atomic E-state index is 14.4. The fourth-order valence-electron chi connectivity index (χ4n) is 5.18. The molecular weight excluding hydrogens is 565 g/mol. The third-order valence-corrected chi connectivity index (χ3v) is 7.19. The summed E-state index contributed by atoms with van der Waals surface area (Å²) in [6, 6.07) is 3.72. The van der Waals surface area contributed by atoms with Gasteiger partial charge in [-0.3, -0.25) is 9.59 Å². The Labute approximate surface area is 238 Å². The predicted molar refractivity (Wildman–Crippen MR) is 143 cm³/mol. The largest absolute Gasteiger partial charge is 0.443 e. The van der Waals surface area contributed by atoms with Crippen LogP contribution in [-0.4, -0.2) is 73.7 Å². The number of anilines is 2. The Balaban J connectivity index is 1.39. The molecule has 14 heteroatoms. The smallest absolute Gasteiger partial charge is 0.417 e. The second-order valence-electron chi connectivity index (χ2n) is 11.0. The SMILES string of the molecule is CN(C(=O)[C@@H]1CC(=O)N1C(=O)OC(C)(C)C)[C@@H](c1ccc(N2CCCc3c2cnc2cc(Cl)nn32)cc1)C(F)(F)F. The number of hydrogen-bond acceptors (Lipinski definition) is 7. The zero-order valence-electron chi connectivity index (χ0n) is 22.8. The summed E-state index contributed by atoms with van der Waals surface area (Å²) >= 11 is 6.05. The summed E-state index contributed by atoms with van der Waals surface area (Å²) in [5.74, 6) is -1.70. The van der Waals surface area contributed by atoms with Gasteiger partial charge in [0.2, 0.25) is 11.8 Å². The van der Waals surface area contributed by atoms with E-state index in [1.165, 1.54) is 12.1 Å². The number of ether oxygens (including phenoxy) is 1. The number of rotatable bonds is 4. The monoisotopic (exact) mass is 592 g/mol. The molecule has 0 spiro atoms. The highest BCUT2D eigenvalue weighted by Gasteiger charge is 2.52. The van der Waals surface area contributed by atoms with Crippen molar-refractivity contribution in [3.05, 3.63) is 52.9 Å². The molecule has 41 heavy (non-hydrogen) atoms. The maximum Gasteiger partial charge on any atom is 0.417 e. The number of aromatic nitrogens is 3. The van der Waals surface area contributed by atoms with E-state index in [0.29, 0.717) is 32.8 Å². The molecule has 5 rings (SSSR count). The second kappa shape index (κ2) is 10.2. The van der Waals surface area contributed by atoms with Crippen molar-refractivity contribution >= 4 is 46.5 Å². The van der Waals surface area contributed by atoms with Gasteiger partial charge >= 0.3 is 12.3 Å². The minimum Gasteiger partial charge on any atom is -0.443 e. The van der Waals surface area contributed by atoms with Crippen molar-refractivity contribution in [2.75, 3.05) is 18.5 Å². The molecule has 2 aliphatic rings. The average molecular weight is 593 g/mol. The number of likely N-dealkylation sites (tertiary alicyclic amines) is 1. The van der Waals surface area contributed by atoms with Crippen LogP contribution in [0.4, 0.5) is 29.3 Å². The normalized spacial score (nSPS) is 18.1. The van der Waals surface area contributed by atoms with Gasteiger partial charge in [0.05, 0.1) is 24.0 Å². The summed E-state index contributed by atoms with van der Waals surface area (Å²) in [4.78, 5) is 45.2. The number of benzene rings is 1. The van der Waals surface area contributed by atoms with Gasteiger partial charge in [-0.2, -0.15) is 18.3 Å². The third-order valence-electron chi connectivity index (χ3n) is 7.01. The van der Waals surface area contributed by atoms with E-state index in [1.54, 1.807) is 49.7 Å². The van der Waals surface area contributed by atoms with Gasteiger partial charge in [-0.05, 0) is 51.3 Å². The number of carbonyl (C=O) groups is 3. The fraction of sp³-hybridized carbons (Fsp3) is 0.444. The average Bonchev–Trinajstić information content (AvgIpc) is 3.25. The quantitative estimate of drug-likeness (QED) is 0.390. The molecule has 2 atom stereocenters. The molecule has 2 aliphatic heterocycles. The molecule has 0 bridgehead atoms. The standard InChI is InChI=1S/C27H28ClF3N6O4/c1-26(2,3)41-25(40)36-18(12-22(36)38)24(39)34(4)23(27(29,30)31)15-7-9-16(10-8-15)35-11-5-6-17-19(35)14-32-21-13-20(28)33-37(17)21/h7-10,13-14,18,23H,5-6,11-12H2,1-4H3/t18-,23-/m0/s1. The van der Waals surface area contributed by atoms with Crippen molar-refractivity contribution in [1.29, 1.82) is 0 Å². The van der Waals surface area contributed by atoms with E-state index in [9.17, 15) is 27.6 Å². The van der Waals surface area contributed by atoms with E-state index < -0.39 is 41.8 Å². The van der Waals surface area contributed by atoms with Crippen LogP contribution >= 0.6 is 11.6 Å². The molecule has 0 radical (unpaired) electrons. The van der Waals surface area contributed by atoms with E-state index in [-0.39, 0.29) is 12.0 Å². The van der Waals surface area contributed by atoms with Crippen LogP contribution in [0.25, 0.3) is 5.65 Å². The van der Waals surface area contributed by atoms with Crippen LogP contribution < -0.4 is 4.90 Å². The molecule has 0 aliphatic carbocycles. The molecule has 10 nitrogen and oxygen atoms in total. The van der Waals surface area contributed by atoms with Crippen LogP contribution in [0, 0.1) is 0 Å². The van der Waals surface area contributed by atoms with Crippen LogP contribution in [0.3, 0.4) is 0 Å². The Morgan fingerprint density at radius 2 is 1.85 bits per heavy atom. The van der Waals surface area contributed by atoms with E-state index in [1.807, 2.05) is 4.90 Å². The van der Waals surface area contributed by atoms with Gasteiger partial charge in [-0.25, -0.2) is 19.2 Å². The summed E-state index contributed by atoms with van der Waals surface area (Å²) in [5.41, 5.74) is 1.78. The summed E-state index contributed by atoms with van der Waals surface area (Å²) in [6.45, 7) is 5.35. The van der Waals surface area contributed by atoms with Crippen molar-refractivity contribution in [1.82, 2.24) is 24.4 Å². The van der Waals surface area contributed by atoms with Crippen LogP contribution in [0.5, 0.6) is 0 Å². The lowest BCUT2D eigenvalue weighted by atomic mass is 9.98. The van der Waals surface area contributed by atoms with E-state index in [0.717, 1.165) is 31.3 Å². The Morgan fingerprint density at radius 3 is 2.46 bits per heavy atom. The number of hydrogen-bond donors (Lipinski definition) is 0. The number of carbonyl (C=O) groups excluding carboxylic acids is 3. The Hall–Kier alpha value is -3.87. The lowest BCUT2D eigenvalue weighted by Gasteiger charge is -2.41. The van der Waals surface area contributed by atoms with Crippen molar-refractivity contribution in [3.8, 4) is 0 Å². The van der Waals surface area contributed by atoms with Crippen molar-refractivity contribution in [2.45, 2.75) is 63.9 Å². The number of alkyl halides is 3. The minimum atomic E-state index is -4.83. The van der Waals surface area contributed by atoms with E-state index in [2.05, 4.69) is 10.1 Å². The van der Waals surface area contributed by atoms with E-state index >= 15 is 0 Å². The van der Waals surface area contributed by atoms with Gasteiger partial charge in [0.15, 0.2) is 16.8 Å². The van der Waals surface area contributed by atoms with Gasteiger partial charge < -0.3 is 14.5 Å². The van der Waals surface area contributed by atoms with Gasteiger partial charge in [0, 0.05) is 25.3 Å². The number of amides is 3. The first-order valence-electron chi connectivity index (χ1n) is 12.9. The van der Waals surface area contributed by atoms with Gasteiger partial charge in [0.25, 0.3) is 0 Å². The molecule has 0 N–H and O–H groups in total. The number of fused-ring (bicyclic) bond motifs is 3. The van der Waals surface area contributed by atoms with Crippen LogP contribution in [-0.2, 0) is 20.7 Å². The molecule has 4 heterocycles. The van der Waals surface area contributed by atoms with Gasteiger partial charge in [-0.15, -0.1) is 0 Å². The molecule has 3 aromatic rings. The summed E-state index contributed by atoms with van der Waals surface area (Å²) < 4.78 is 49.9. The number of β-lactam (4-membered cyclic amide) rings is 1. The van der Waals surface area contributed by atoms with Crippen LogP contribution in [0.1, 0.15) is 50.9 Å². The maximum atomic E-state index is 14.4. The van der Waals surface area contributed by atoms with Gasteiger partial charge in [-0.1, -0.05) is 23.7 Å². The van der Waals surface area contributed by atoms with Crippen molar-refractivity contribution < 1.29 is 32.3 Å². The first-order chi connectivity index (χ1) is 19.2. The summed E-state index contributed by atoms with van der Waals surface area (Å²) in [6.07, 6.45) is -3.08. The molecule has 0 saturated carbocycles. The first kappa shape index (κ1) is 28.7. The molecular formula is C27H28ClF3N6O4. The van der Waals surface area contributed by atoms with Gasteiger partial charge in [0.1, 0.15) is 11.6 Å². The van der Waals surface area contributed by atoms with Crippen molar-refractivity contribution in [2.24, 2.45) is 0 Å². The molecule has 3 amide bonds. The molecule has 1 fully saturated rings. The molecule has 0 unspecified atom stereocenters. The number of aryl methyl sites for hydroxylation is 1. The number of nitrogens with zero attached hydrogens (tertiary/aromatic N) is 6. The fourth-order valence-corrected chi connectivity index (χ4v) is 5.36. The zero-order chi connectivity index (χ0) is 29.9. The second-order valence-corrected chi connectivity index (χ2v) is 11.4. The molecule has 218 valence electrons. The van der Waals surface area contributed by atoms with Crippen LogP contribution in [0.15, 0.2) is 36.5 Å². The highest BCUT2D eigenvalue weighted by Crippen LogP contribution is 2.40. The van der Waals surface area contributed by atoms with Crippen molar-refractivity contribution in [3.63, 3.8) is 0 Å². The zero-order valence-corrected chi connectivity index (χ0v) is 23.5. The minimum absolute atomic E-state index is 0.170. The molecule has 1 aromatic carbocycles. The van der Waals surface area contributed by atoms with Crippen LogP contribution in [0.2, 0.25) is 5.15 Å². The topological polar surface area (TPSA) is 100 Å². The highest BCUT2D eigenvalue weighted by molar-refractivity contribution is 6.29. The number of imide groups is 1. The highest BCUT2D eigenvalue weighted by atomic mass is 35.5. The lowest BCUT2D eigenvalue weighted by molar-refractivity contribution is -0.192. The third kappa shape index (κ3) is 5.42. The van der Waals surface area contributed by atoms with E-state index in [4.69, 9.17) is 16.3 Å². The Morgan fingerprint density at radius 1 is 1.17 bits per heavy atom. The number of halogens is 4. The predicted octanol–water partition coefficient (Wildman–Crippen LogP) is 5.06. The first-order valence-corrected chi connectivity index (χ1v) is 13.3. The number of likely N-dealkylation sites (N-methyl/N-ethyl adjacent to an activating group) is 1. The summed E-state index contributed by atoms with van der Waals surface area (Å²) in [5, 5.41) is 4.61. The Kier molecular flexibility index (Phi) is 7.13.